The van der Waals surface area contributed by atoms with Gasteiger partial charge in [-0.3, -0.25) is 4.79 Å². The van der Waals surface area contributed by atoms with Crippen molar-refractivity contribution in [3.8, 4) is 0 Å². The van der Waals surface area contributed by atoms with Crippen molar-refractivity contribution >= 4 is 17.7 Å². The second-order valence-corrected chi connectivity index (χ2v) is 6.70. The molecule has 0 bridgehead atoms. The molecule has 1 N–H and O–H groups in total. The Hall–Kier alpha value is -1.00. The maximum Gasteiger partial charge on any atom is 0.222 e. The smallest absolute Gasteiger partial charge is 0.222 e. The first-order valence-corrected chi connectivity index (χ1v) is 8.23. The van der Waals surface area contributed by atoms with E-state index in [9.17, 15) is 9.90 Å². The molecule has 1 saturated carbocycles. The minimum Gasteiger partial charge on any atom is -0.393 e. The standard InChI is InChI=1S/C16H23NO2S/c1-17(12-13-10-14(18)11-13)16(19)8-5-9-20-15-6-3-2-4-7-15/h2-4,6-7,13-14,18H,5,8-12H2,1H3. The average Bonchev–Trinajstić information content (AvgIpc) is 2.42. The summed E-state index contributed by atoms with van der Waals surface area (Å²) in [6.45, 7) is 0.793. The molecule has 1 fully saturated rings. The first-order valence-electron chi connectivity index (χ1n) is 7.25. The molecule has 1 aromatic carbocycles. The Morgan fingerprint density at radius 3 is 2.70 bits per heavy atom. The Bertz CT molecular complexity index is 418. The van der Waals surface area contributed by atoms with Crippen LogP contribution in [-0.4, -0.2) is 41.4 Å². The SMILES string of the molecule is CN(CC1CC(O)C1)C(=O)CCCSc1ccccc1. The predicted molar refractivity (Wildman–Crippen MR) is 82.8 cm³/mol. The predicted octanol–water partition coefficient (Wildman–Crippen LogP) is 2.79. The second-order valence-electron chi connectivity index (χ2n) is 5.53. The second kappa shape index (κ2) is 7.70. The van der Waals surface area contributed by atoms with Crippen LogP contribution in [0.2, 0.25) is 0 Å². The molecule has 2 rings (SSSR count). The molecule has 0 unspecified atom stereocenters. The van der Waals surface area contributed by atoms with Gasteiger partial charge in [0.2, 0.25) is 5.91 Å². The summed E-state index contributed by atoms with van der Waals surface area (Å²) >= 11 is 1.80. The highest BCUT2D eigenvalue weighted by Gasteiger charge is 2.28. The molecule has 110 valence electrons. The van der Waals surface area contributed by atoms with E-state index in [1.807, 2.05) is 30.1 Å². The van der Waals surface area contributed by atoms with E-state index < -0.39 is 0 Å². The molecule has 0 heterocycles. The molecule has 1 aliphatic carbocycles. The molecule has 3 nitrogen and oxygen atoms in total. The molecular formula is C16H23NO2S. The summed E-state index contributed by atoms with van der Waals surface area (Å²) in [5.74, 6) is 1.70. The van der Waals surface area contributed by atoms with Gasteiger partial charge >= 0.3 is 0 Å². The lowest BCUT2D eigenvalue weighted by Gasteiger charge is -2.34. The number of rotatable bonds is 7. The van der Waals surface area contributed by atoms with Gasteiger partial charge in [0.1, 0.15) is 0 Å². The lowest BCUT2D eigenvalue weighted by atomic mass is 9.82. The van der Waals surface area contributed by atoms with Crippen LogP contribution in [-0.2, 0) is 4.79 Å². The number of amides is 1. The fourth-order valence-electron chi connectivity index (χ4n) is 2.46. The van der Waals surface area contributed by atoms with E-state index in [-0.39, 0.29) is 12.0 Å². The normalized spacial score (nSPS) is 21.3. The zero-order chi connectivity index (χ0) is 14.4. The number of carbonyl (C=O) groups is 1. The number of hydrogen-bond donors (Lipinski definition) is 1. The average molecular weight is 293 g/mol. The summed E-state index contributed by atoms with van der Waals surface area (Å²) in [7, 11) is 1.87. The highest BCUT2D eigenvalue weighted by Crippen LogP contribution is 2.27. The number of benzene rings is 1. The third kappa shape index (κ3) is 4.84. The summed E-state index contributed by atoms with van der Waals surface area (Å²) in [4.78, 5) is 15.0. The number of aliphatic hydroxyl groups is 1. The van der Waals surface area contributed by atoms with E-state index in [1.165, 1.54) is 4.90 Å². The molecular weight excluding hydrogens is 270 g/mol. The van der Waals surface area contributed by atoms with Crippen molar-refractivity contribution in [3.63, 3.8) is 0 Å². The fourth-order valence-corrected chi connectivity index (χ4v) is 3.33. The molecule has 4 heteroatoms. The summed E-state index contributed by atoms with van der Waals surface area (Å²) in [6, 6.07) is 10.3. The fraction of sp³-hybridized carbons (Fsp3) is 0.562. The van der Waals surface area contributed by atoms with Crippen LogP contribution >= 0.6 is 11.8 Å². The largest absolute Gasteiger partial charge is 0.393 e. The van der Waals surface area contributed by atoms with Crippen LogP contribution in [0, 0.1) is 5.92 Å². The van der Waals surface area contributed by atoms with Gasteiger partial charge in [-0.05, 0) is 43.1 Å². The van der Waals surface area contributed by atoms with Crippen LogP contribution in [0.4, 0.5) is 0 Å². The molecule has 0 spiro atoms. The van der Waals surface area contributed by atoms with E-state index >= 15 is 0 Å². The van der Waals surface area contributed by atoms with Crippen molar-refractivity contribution in [3.05, 3.63) is 30.3 Å². The Morgan fingerprint density at radius 1 is 1.35 bits per heavy atom. The molecule has 1 amide bonds. The van der Waals surface area contributed by atoms with Crippen LogP contribution in [0.5, 0.6) is 0 Å². The Balaban J connectivity index is 1.57. The Kier molecular flexibility index (Phi) is 5.92. The summed E-state index contributed by atoms with van der Waals surface area (Å²) in [5, 5.41) is 9.25. The summed E-state index contributed by atoms with van der Waals surface area (Å²) in [6.07, 6.45) is 3.09. The minimum atomic E-state index is -0.134. The topological polar surface area (TPSA) is 40.5 Å². The number of carbonyl (C=O) groups excluding carboxylic acids is 1. The molecule has 20 heavy (non-hydrogen) atoms. The van der Waals surface area contributed by atoms with Crippen molar-refractivity contribution in [2.75, 3.05) is 19.3 Å². The third-order valence-corrected chi connectivity index (χ3v) is 4.81. The first-order chi connectivity index (χ1) is 9.65. The molecule has 0 atom stereocenters. The van der Waals surface area contributed by atoms with E-state index in [1.54, 1.807) is 11.8 Å². The van der Waals surface area contributed by atoms with Gasteiger partial charge in [-0.2, -0.15) is 0 Å². The van der Waals surface area contributed by atoms with Gasteiger partial charge in [-0.1, -0.05) is 18.2 Å². The Morgan fingerprint density at radius 2 is 2.05 bits per heavy atom. The zero-order valence-corrected chi connectivity index (χ0v) is 12.8. The van der Waals surface area contributed by atoms with Gasteiger partial charge in [0.25, 0.3) is 0 Å². The highest BCUT2D eigenvalue weighted by molar-refractivity contribution is 7.99. The lowest BCUT2D eigenvalue weighted by Crippen LogP contribution is -2.39. The first kappa shape index (κ1) is 15.4. The van der Waals surface area contributed by atoms with Gasteiger partial charge in [-0.15, -0.1) is 11.8 Å². The van der Waals surface area contributed by atoms with E-state index in [0.717, 1.165) is 31.6 Å². The lowest BCUT2D eigenvalue weighted by molar-refractivity contribution is -0.131. The van der Waals surface area contributed by atoms with Crippen molar-refractivity contribution in [1.82, 2.24) is 4.90 Å². The number of thioether (sulfide) groups is 1. The van der Waals surface area contributed by atoms with Crippen molar-refractivity contribution in [2.45, 2.75) is 36.7 Å². The van der Waals surface area contributed by atoms with Gasteiger partial charge in [0.05, 0.1) is 6.10 Å². The van der Waals surface area contributed by atoms with Gasteiger partial charge < -0.3 is 10.0 Å². The number of hydrogen-bond acceptors (Lipinski definition) is 3. The highest BCUT2D eigenvalue weighted by atomic mass is 32.2. The Labute approximate surface area is 125 Å². The van der Waals surface area contributed by atoms with Crippen LogP contribution in [0.1, 0.15) is 25.7 Å². The van der Waals surface area contributed by atoms with Crippen LogP contribution in [0.25, 0.3) is 0 Å². The number of aliphatic hydroxyl groups excluding tert-OH is 1. The van der Waals surface area contributed by atoms with Crippen molar-refractivity contribution in [2.24, 2.45) is 5.92 Å². The van der Waals surface area contributed by atoms with Gasteiger partial charge in [0.15, 0.2) is 0 Å². The number of nitrogens with zero attached hydrogens (tertiary/aromatic N) is 1. The molecule has 1 aromatic rings. The van der Waals surface area contributed by atoms with E-state index in [0.29, 0.717) is 12.3 Å². The van der Waals surface area contributed by atoms with Crippen molar-refractivity contribution < 1.29 is 9.90 Å². The van der Waals surface area contributed by atoms with E-state index in [2.05, 4.69) is 12.1 Å². The van der Waals surface area contributed by atoms with Gasteiger partial charge in [-0.25, -0.2) is 0 Å². The molecule has 0 radical (unpaired) electrons. The van der Waals surface area contributed by atoms with Gasteiger partial charge in [0, 0.05) is 24.9 Å². The van der Waals surface area contributed by atoms with Crippen LogP contribution < -0.4 is 0 Å². The molecule has 0 saturated heterocycles. The molecule has 1 aliphatic rings. The minimum absolute atomic E-state index is 0.134. The molecule has 0 aliphatic heterocycles. The maximum atomic E-state index is 12.0. The molecule has 0 aromatic heterocycles. The van der Waals surface area contributed by atoms with Crippen LogP contribution in [0.15, 0.2) is 35.2 Å². The monoisotopic (exact) mass is 293 g/mol. The quantitative estimate of drug-likeness (QED) is 0.621. The van der Waals surface area contributed by atoms with E-state index in [4.69, 9.17) is 0 Å². The van der Waals surface area contributed by atoms with Crippen molar-refractivity contribution in [1.29, 1.82) is 0 Å². The van der Waals surface area contributed by atoms with Crippen LogP contribution in [0.3, 0.4) is 0 Å². The summed E-state index contributed by atoms with van der Waals surface area (Å²) in [5.41, 5.74) is 0. The zero-order valence-electron chi connectivity index (χ0n) is 12.0. The maximum absolute atomic E-state index is 12.0. The summed E-state index contributed by atoms with van der Waals surface area (Å²) < 4.78 is 0. The third-order valence-electron chi connectivity index (χ3n) is 3.72.